The fraction of sp³-hybridized carbons (Fsp3) is 0.388. The van der Waals surface area contributed by atoms with Gasteiger partial charge in [-0.15, -0.1) is 11.3 Å². The second-order valence-electron chi connectivity index (χ2n) is 17.2. The Morgan fingerprint density at radius 1 is 0.938 bits per heavy atom. The molecule has 13 nitrogen and oxygen atoms in total. The maximum atomic E-state index is 14.5. The Hall–Kier alpha value is -5.45. The van der Waals surface area contributed by atoms with E-state index in [2.05, 4.69) is 64.3 Å². The minimum atomic E-state index is -4.08. The molecule has 4 atom stereocenters. The lowest BCUT2D eigenvalue weighted by molar-refractivity contribution is -0.128. The first-order valence-electron chi connectivity index (χ1n) is 22.1. The van der Waals surface area contributed by atoms with Gasteiger partial charge in [0, 0.05) is 50.6 Å². The number of sulfonamides is 1. The number of carbonyl (C=O) groups excluding carboxylic acids is 2. The van der Waals surface area contributed by atoms with E-state index in [9.17, 15) is 23.1 Å². The zero-order valence-electron chi connectivity index (χ0n) is 36.9. The summed E-state index contributed by atoms with van der Waals surface area (Å²) >= 11 is 1.56. The summed E-state index contributed by atoms with van der Waals surface area (Å²) in [4.78, 5) is 37.0. The minimum Gasteiger partial charge on any atom is -0.411 e. The summed E-state index contributed by atoms with van der Waals surface area (Å²) in [7, 11) is -4.08. The average Bonchev–Trinajstić information content (AvgIpc) is 3.99. The molecule has 15 heteroatoms. The molecule has 0 spiro atoms. The normalized spacial score (nSPS) is 16.1. The Balaban J connectivity index is 1.01. The second-order valence-corrected chi connectivity index (χ2v) is 20.1. The number of hydrogen-bond donors (Lipinski definition) is 4. The van der Waals surface area contributed by atoms with Crippen LogP contribution in [-0.4, -0.2) is 107 Å². The SMILES string of the molecule is CC[C@H](C)[C@@H](C(=O)N[C@@H](Cc1ccccc1)[C@H](O)CN(CC(C)C)S(=O)(=O)c1ccc(C=NO)cc1)N1CCN(Cc2csc(CNCC3c4ccccc4-c4ccccc43)n2)C1=O. The lowest BCUT2D eigenvalue weighted by Crippen LogP contribution is -2.57. The van der Waals surface area contributed by atoms with Gasteiger partial charge in [-0.1, -0.05) is 130 Å². The van der Waals surface area contributed by atoms with Gasteiger partial charge >= 0.3 is 6.03 Å². The predicted octanol–water partition coefficient (Wildman–Crippen LogP) is 6.94. The van der Waals surface area contributed by atoms with Crippen molar-refractivity contribution in [1.82, 2.24) is 29.7 Å². The number of oxime groups is 1. The van der Waals surface area contributed by atoms with Gasteiger partial charge in [0.05, 0.1) is 35.5 Å². The molecular weight excluding hydrogens is 847 g/mol. The third-order valence-corrected chi connectivity index (χ3v) is 15.0. The highest BCUT2D eigenvalue weighted by molar-refractivity contribution is 7.89. The maximum Gasteiger partial charge on any atom is 0.321 e. The van der Waals surface area contributed by atoms with Crippen molar-refractivity contribution in [2.45, 2.75) is 82.6 Å². The summed E-state index contributed by atoms with van der Waals surface area (Å²) in [5.74, 6) is -0.438. The Kier molecular flexibility index (Phi) is 15.3. The highest BCUT2D eigenvalue weighted by Crippen LogP contribution is 2.44. The van der Waals surface area contributed by atoms with Crippen molar-refractivity contribution in [2.24, 2.45) is 17.0 Å². The molecule has 0 saturated carbocycles. The van der Waals surface area contributed by atoms with Crippen molar-refractivity contribution in [3.05, 3.63) is 141 Å². The first-order valence-corrected chi connectivity index (χ1v) is 24.4. The highest BCUT2D eigenvalue weighted by atomic mass is 32.2. The van der Waals surface area contributed by atoms with E-state index in [-0.39, 0.29) is 48.2 Å². The van der Waals surface area contributed by atoms with E-state index in [0.29, 0.717) is 38.2 Å². The molecule has 4 aromatic carbocycles. The molecule has 338 valence electrons. The molecule has 1 saturated heterocycles. The lowest BCUT2D eigenvalue weighted by atomic mass is 9.95. The van der Waals surface area contributed by atoms with Gasteiger partial charge in [-0.05, 0) is 63.8 Å². The third kappa shape index (κ3) is 10.7. The molecule has 1 aliphatic heterocycles. The van der Waals surface area contributed by atoms with Gasteiger partial charge in [-0.25, -0.2) is 18.2 Å². The molecule has 4 N–H and O–H groups in total. The molecule has 0 bridgehead atoms. The van der Waals surface area contributed by atoms with Crippen molar-refractivity contribution in [2.75, 3.05) is 32.7 Å². The number of urea groups is 1. The van der Waals surface area contributed by atoms with Crippen LogP contribution in [0.3, 0.4) is 0 Å². The quantitative estimate of drug-likeness (QED) is 0.0349. The zero-order valence-corrected chi connectivity index (χ0v) is 38.5. The minimum absolute atomic E-state index is 0.0239. The number of aliphatic hydroxyl groups is 1. The van der Waals surface area contributed by atoms with Crippen molar-refractivity contribution < 1.29 is 28.3 Å². The number of aromatic nitrogens is 1. The summed E-state index contributed by atoms with van der Waals surface area (Å²) in [5.41, 5.74) is 7.39. The molecule has 1 fully saturated rings. The zero-order chi connectivity index (χ0) is 45.4. The number of hydrogen-bond acceptors (Lipinski definition) is 10. The first kappa shape index (κ1) is 46.5. The standard InChI is InChI=1S/C49H59N7O6S2/c1-5-34(4)47(48(58)53-44(25-35-13-7-6-8-14-35)45(57)31-55(29-33(2)3)64(61,62)38-21-19-36(20-22-38)26-51-60)56-24-23-54(49(56)59)30-37-32-63-46(52-37)28-50-27-43-41-17-11-9-15-39(41)40-16-10-12-18-42(40)43/h6-22,26,32-34,43-45,47,50,57,60H,5,23-25,27-31H2,1-4H3,(H,53,58)/t34-,44-,45+,47-/m0/s1. The summed E-state index contributed by atoms with van der Waals surface area (Å²) in [6.07, 6.45) is 0.750. The summed E-state index contributed by atoms with van der Waals surface area (Å²) in [5, 5.41) is 33.5. The molecule has 0 unspecified atom stereocenters. The van der Waals surface area contributed by atoms with Gasteiger partial charge in [0.25, 0.3) is 0 Å². The third-order valence-electron chi connectivity index (χ3n) is 12.2. The van der Waals surface area contributed by atoms with Crippen molar-refractivity contribution in [3.63, 3.8) is 0 Å². The van der Waals surface area contributed by atoms with Crippen LogP contribution in [0.25, 0.3) is 11.1 Å². The number of amides is 3. The molecule has 1 aromatic heterocycles. The second kappa shape index (κ2) is 21.0. The van der Waals surface area contributed by atoms with Gasteiger partial charge in [-0.3, -0.25) is 4.79 Å². The van der Waals surface area contributed by atoms with Gasteiger partial charge in [0.1, 0.15) is 11.0 Å². The average molecular weight is 906 g/mol. The van der Waals surface area contributed by atoms with E-state index < -0.39 is 34.1 Å². The van der Waals surface area contributed by atoms with Crippen LogP contribution in [0, 0.1) is 11.8 Å². The number of fused-ring (bicyclic) bond motifs is 3. The molecular formula is C49H59N7O6S2. The smallest absolute Gasteiger partial charge is 0.321 e. The Morgan fingerprint density at radius 2 is 1.59 bits per heavy atom. The van der Waals surface area contributed by atoms with Gasteiger partial charge in [0.15, 0.2) is 0 Å². The van der Waals surface area contributed by atoms with E-state index in [0.717, 1.165) is 22.8 Å². The Bertz CT molecular complexity index is 2450. The van der Waals surface area contributed by atoms with Crippen molar-refractivity contribution >= 4 is 39.5 Å². The van der Waals surface area contributed by atoms with Crippen LogP contribution in [-0.2, 0) is 34.3 Å². The number of nitrogens with zero attached hydrogens (tertiary/aromatic N) is 5. The molecule has 2 heterocycles. The van der Waals surface area contributed by atoms with E-state index in [1.54, 1.807) is 21.1 Å². The molecule has 1 aliphatic carbocycles. The maximum absolute atomic E-state index is 14.5. The number of rotatable bonds is 21. The summed E-state index contributed by atoms with van der Waals surface area (Å²) in [6, 6.07) is 30.5. The molecule has 3 amide bonds. The molecule has 0 radical (unpaired) electrons. The molecule has 2 aliphatic rings. The Labute approximate surface area is 380 Å². The van der Waals surface area contributed by atoms with Crippen LogP contribution in [0.15, 0.2) is 119 Å². The number of nitrogens with one attached hydrogen (secondary N) is 2. The summed E-state index contributed by atoms with van der Waals surface area (Å²) in [6.45, 7) is 10.0. The van der Waals surface area contributed by atoms with Gasteiger partial charge in [-0.2, -0.15) is 4.31 Å². The molecule has 5 aromatic rings. The Morgan fingerprint density at radius 3 is 2.23 bits per heavy atom. The number of aliphatic hydroxyl groups excluding tert-OH is 1. The number of carbonyl (C=O) groups is 2. The van der Waals surface area contributed by atoms with Gasteiger partial charge < -0.3 is 30.7 Å². The van der Waals surface area contributed by atoms with Crippen LogP contribution < -0.4 is 10.6 Å². The van der Waals surface area contributed by atoms with Crippen molar-refractivity contribution in [3.8, 4) is 11.1 Å². The summed E-state index contributed by atoms with van der Waals surface area (Å²) < 4.78 is 29.3. The van der Waals surface area contributed by atoms with Crippen LogP contribution in [0.1, 0.15) is 73.0 Å². The topological polar surface area (TPSA) is 168 Å². The van der Waals surface area contributed by atoms with E-state index in [1.165, 1.54) is 57.0 Å². The predicted molar refractivity (Wildman–Crippen MR) is 251 cm³/mol. The van der Waals surface area contributed by atoms with Gasteiger partial charge in [0.2, 0.25) is 15.9 Å². The number of benzene rings is 4. The van der Waals surface area contributed by atoms with Crippen LogP contribution in [0.5, 0.6) is 0 Å². The monoisotopic (exact) mass is 905 g/mol. The lowest BCUT2D eigenvalue weighted by Gasteiger charge is -2.35. The largest absolute Gasteiger partial charge is 0.411 e. The highest BCUT2D eigenvalue weighted by Gasteiger charge is 2.41. The number of thiazole rings is 1. The fourth-order valence-electron chi connectivity index (χ4n) is 8.81. The van der Waals surface area contributed by atoms with E-state index in [4.69, 9.17) is 10.2 Å². The molecule has 64 heavy (non-hydrogen) atoms. The van der Waals surface area contributed by atoms with E-state index >= 15 is 0 Å². The van der Waals surface area contributed by atoms with Crippen LogP contribution >= 0.6 is 11.3 Å². The molecule has 7 rings (SSSR count). The fourth-order valence-corrected chi connectivity index (χ4v) is 11.2. The van der Waals surface area contributed by atoms with Crippen LogP contribution in [0.2, 0.25) is 0 Å². The van der Waals surface area contributed by atoms with Crippen molar-refractivity contribution in [1.29, 1.82) is 0 Å². The van der Waals surface area contributed by atoms with Crippen LogP contribution in [0.4, 0.5) is 4.79 Å². The first-order chi connectivity index (χ1) is 30.9. The van der Waals surface area contributed by atoms with E-state index in [1.807, 2.05) is 63.4 Å².